The van der Waals surface area contributed by atoms with Crippen molar-refractivity contribution in [3.63, 3.8) is 0 Å². The number of hydrogen-bond acceptors (Lipinski definition) is 5. The predicted molar refractivity (Wildman–Crippen MR) is 60.1 cm³/mol. The molecule has 7 heteroatoms. The standard InChI is InChI=1S/C12H14NS.ClHO4/c1-9-4-6-12(7-5-9)13-8-10(2)11(3)14-13;2-1(3,4)5/h4-8H,1-3H3;(H,2,3,4,5)/q+1;/p-1. The zero-order chi connectivity index (χ0) is 14.6. The van der Waals surface area contributed by atoms with Gasteiger partial charge in [0.15, 0.2) is 6.20 Å². The Morgan fingerprint density at radius 2 is 1.42 bits per heavy atom. The monoisotopic (exact) mass is 303 g/mol. The maximum Gasteiger partial charge on any atom is 0.224 e. The van der Waals surface area contributed by atoms with Crippen LogP contribution in [-0.2, 0) is 0 Å². The molecule has 5 nitrogen and oxygen atoms in total. The van der Waals surface area contributed by atoms with Gasteiger partial charge in [0.1, 0.15) is 11.5 Å². The van der Waals surface area contributed by atoms with E-state index >= 15 is 0 Å². The molecule has 1 aromatic carbocycles. The van der Waals surface area contributed by atoms with Gasteiger partial charge in [-0.05, 0) is 20.8 Å². The summed E-state index contributed by atoms with van der Waals surface area (Å²) >= 11 is 1.79. The van der Waals surface area contributed by atoms with Crippen molar-refractivity contribution in [2.75, 3.05) is 0 Å². The van der Waals surface area contributed by atoms with Gasteiger partial charge in [-0.15, -0.1) is 14.2 Å². The summed E-state index contributed by atoms with van der Waals surface area (Å²) in [6, 6.07) is 8.61. The highest BCUT2D eigenvalue weighted by atomic mass is 35.7. The van der Waals surface area contributed by atoms with Crippen LogP contribution in [0, 0.1) is 31.0 Å². The molecule has 0 saturated heterocycles. The van der Waals surface area contributed by atoms with Crippen LogP contribution in [0.15, 0.2) is 30.5 Å². The van der Waals surface area contributed by atoms with E-state index in [4.69, 9.17) is 18.6 Å². The lowest BCUT2D eigenvalue weighted by atomic mass is 10.2. The average Bonchev–Trinajstić information content (AvgIpc) is 2.58. The molecule has 0 spiro atoms. The van der Waals surface area contributed by atoms with Crippen LogP contribution in [-0.4, -0.2) is 0 Å². The van der Waals surface area contributed by atoms with Gasteiger partial charge in [0, 0.05) is 17.7 Å². The fourth-order valence-corrected chi connectivity index (χ4v) is 2.26. The number of nitrogens with zero attached hydrogens (tertiary/aromatic N) is 1. The zero-order valence-electron chi connectivity index (χ0n) is 10.8. The maximum atomic E-state index is 8.49. The van der Waals surface area contributed by atoms with E-state index in [0.29, 0.717) is 0 Å². The molecule has 0 fully saturated rings. The number of benzene rings is 1. The Morgan fingerprint density at radius 3 is 1.79 bits per heavy atom. The SMILES string of the molecule is Cc1ccc(-[n+]2cc(C)c(C)s2)cc1.[O-][Cl+3]([O-])([O-])[O-]. The average molecular weight is 304 g/mol. The Kier molecular flexibility index (Phi) is 5.42. The Balaban J connectivity index is 0.000000312. The van der Waals surface area contributed by atoms with Crippen molar-refractivity contribution in [3.8, 4) is 5.69 Å². The van der Waals surface area contributed by atoms with Gasteiger partial charge in [0.05, 0.1) is 4.88 Å². The molecule has 0 amide bonds. The number of hydrogen-bond donors (Lipinski definition) is 0. The third-order valence-corrected chi connectivity index (χ3v) is 3.50. The summed E-state index contributed by atoms with van der Waals surface area (Å²) in [6.45, 7) is 6.42. The molecule has 0 aliphatic heterocycles. The highest BCUT2D eigenvalue weighted by Gasteiger charge is 2.11. The van der Waals surface area contributed by atoms with Crippen LogP contribution in [0.3, 0.4) is 0 Å². The maximum absolute atomic E-state index is 8.49. The Morgan fingerprint density at radius 1 is 0.947 bits per heavy atom. The number of rotatable bonds is 1. The summed E-state index contributed by atoms with van der Waals surface area (Å²) in [7, 11) is -4.94. The molecule has 19 heavy (non-hydrogen) atoms. The van der Waals surface area contributed by atoms with Crippen molar-refractivity contribution in [2.45, 2.75) is 20.8 Å². The molecule has 1 aromatic heterocycles. The van der Waals surface area contributed by atoms with Crippen LogP contribution in [0.5, 0.6) is 0 Å². The van der Waals surface area contributed by atoms with Crippen molar-refractivity contribution < 1.29 is 32.8 Å². The third kappa shape index (κ3) is 6.11. The molecule has 0 N–H and O–H groups in total. The largest absolute Gasteiger partial charge is 0.224 e. The summed E-state index contributed by atoms with van der Waals surface area (Å²) in [4.78, 5) is 1.38. The first kappa shape index (κ1) is 16.0. The van der Waals surface area contributed by atoms with Gasteiger partial charge < -0.3 is 0 Å². The second-order valence-electron chi connectivity index (χ2n) is 4.00. The summed E-state index contributed by atoms with van der Waals surface area (Å²) in [5.74, 6) is 0. The van der Waals surface area contributed by atoms with Crippen LogP contribution in [0.4, 0.5) is 0 Å². The molecular formula is C12H14ClNO4S. The first-order valence-electron chi connectivity index (χ1n) is 5.35. The van der Waals surface area contributed by atoms with Crippen molar-refractivity contribution in [1.82, 2.24) is 0 Å². The molecule has 0 atom stereocenters. The molecular weight excluding hydrogens is 290 g/mol. The molecule has 0 bridgehead atoms. The fraction of sp³-hybridized carbons (Fsp3) is 0.250. The minimum Gasteiger partial charge on any atom is -0.222 e. The van der Waals surface area contributed by atoms with Gasteiger partial charge in [-0.3, -0.25) is 0 Å². The van der Waals surface area contributed by atoms with Gasteiger partial charge in [-0.25, -0.2) is 18.6 Å². The summed E-state index contributed by atoms with van der Waals surface area (Å²) in [5.41, 5.74) is 3.91. The minimum absolute atomic E-state index is 1.25. The number of aromatic nitrogens is 1. The predicted octanol–water partition coefficient (Wildman–Crippen LogP) is -1.81. The van der Waals surface area contributed by atoms with Gasteiger partial charge >= 0.3 is 0 Å². The molecule has 0 aliphatic carbocycles. The smallest absolute Gasteiger partial charge is 0.222 e. The zero-order valence-corrected chi connectivity index (χ0v) is 12.3. The lowest BCUT2D eigenvalue weighted by molar-refractivity contribution is -2.00. The van der Waals surface area contributed by atoms with E-state index in [1.54, 1.807) is 11.5 Å². The Bertz CT molecular complexity index is 508. The van der Waals surface area contributed by atoms with Gasteiger partial charge in [-0.2, -0.15) is 0 Å². The molecule has 0 unspecified atom stereocenters. The third-order valence-electron chi connectivity index (χ3n) is 2.39. The van der Waals surface area contributed by atoms with Crippen molar-refractivity contribution in [2.24, 2.45) is 0 Å². The van der Waals surface area contributed by atoms with E-state index in [1.165, 1.54) is 21.7 Å². The molecule has 1 heterocycles. The van der Waals surface area contributed by atoms with E-state index in [-0.39, 0.29) is 0 Å². The Hall–Kier alpha value is -1.02. The lowest BCUT2D eigenvalue weighted by Gasteiger charge is -2.17. The summed E-state index contributed by atoms with van der Waals surface area (Å²) in [5, 5.41) is 0. The second kappa shape index (κ2) is 6.42. The number of halogens is 1. The van der Waals surface area contributed by atoms with Crippen molar-refractivity contribution >= 4 is 11.5 Å². The van der Waals surface area contributed by atoms with E-state index in [0.717, 1.165) is 0 Å². The van der Waals surface area contributed by atoms with Crippen molar-refractivity contribution in [1.29, 1.82) is 0 Å². The highest BCUT2D eigenvalue weighted by molar-refractivity contribution is 7.02. The van der Waals surface area contributed by atoms with Crippen LogP contribution >= 0.6 is 11.5 Å². The molecule has 0 aliphatic rings. The molecule has 104 valence electrons. The van der Waals surface area contributed by atoms with Gasteiger partial charge in [0.25, 0.3) is 0 Å². The second-order valence-corrected chi connectivity index (χ2v) is 5.94. The van der Waals surface area contributed by atoms with E-state index < -0.39 is 10.2 Å². The van der Waals surface area contributed by atoms with Gasteiger partial charge in [-0.1, -0.05) is 17.7 Å². The normalized spacial score (nSPS) is 10.9. The first-order valence-corrected chi connectivity index (χ1v) is 7.35. The van der Waals surface area contributed by atoms with E-state index in [1.807, 2.05) is 0 Å². The molecule has 2 aromatic rings. The quantitative estimate of drug-likeness (QED) is 0.580. The lowest BCUT2D eigenvalue weighted by Crippen LogP contribution is -2.68. The van der Waals surface area contributed by atoms with E-state index in [2.05, 4.69) is 55.2 Å². The highest BCUT2D eigenvalue weighted by Crippen LogP contribution is 2.12. The number of aryl methyl sites for hydroxylation is 3. The Labute approximate surface area is 117 Å². The molecule has 0 radical (unpaired) electrons. The summed E-state index contributed by atoms with van der Waals surface area (Å²) in [6.07, 6.45) is 2.19. The minimum atomic E-state index is -4.94. The first-order chi connectivity index (χ1) is 8.66. The van der Waals surface area contributed by atoms with Crippen LogP contribution in [0.1, 0.15) is 16.0 Å². The van der Waals surface area contributed by atoms with Crippen LogP contribution in [0.25, 0.3) is 5.69 Å². The van der Waals surface area contributed by atoms with Crippen LogP contribution in [0.2, 0.25) is 0 Å². The summed E-state index contributed by atoms with van der Waals surface area (Å²) < 4.78 is 36.2. The molecule has 2 rings (SSSR count). The van der Waals surface area contributed by atoms with E-state index in [9.17, 15) is 0 Å². The molecule has 0 saturated carbocycles. The topological polar surface area (TPSA) is 96.1 Å². The van der Waals surface area contributed by atoms with Gasteiger partial charge in [0.2, 0.25) is 5.69 Å². The van der Waals surface area contributed by atoms with Crippen molar-refractivity contribution in [3.05, 3.63) is 46.5 Å². The van der Waals surface area contributed by atoms with Crippen LogP contribution < -0.4 is 22.6 Å². The fourth-order valence-electron chi connectivity index (χ4n) is 1.33.